The zero-order chi connectivity index (χ0) is 81.7. The van der Waals surface area contributed by atoms with Gasteiger partial charge in [-0.3, -0.25) is 0 Å². The highest BCUT2D eigenvalue weighted by Gasteiger charge is 2.23. The van der Waals surface area contributed by atoms with Crippen LogP contribution in [0, 0.1) is 118 Å². The molecule has 5 N–H and O–H groups in total. The summed E-state index contributed by atoms with van der Waals surface area (Å²) in [6.45, 7) is 35.8. The molecular formula is C101H120O11. The Morgan fingerprint density at radius 3 is 1.00 bits per heavy atom. The number of aliphatic hydroxyl groups is 5. The quantitative estimate of drug-likeness (QED) is 0.0352. The van der Waals surface area contributed by atoms with Crippen molar-refractivity contribution in [2.45, 2.75) is 196 Å². The molecule has 11 nitrogen and oxygen atoms in total. The van der Waals surface area contributed by atoms with Crippen molar-refractivity contribution >= 4 is 0 Å². The van der Waals surface area contributed by atoms with Gasteiger partial charge in [0.2, 0.25) is 0 Å². The average Bonchev–Trinajstić information content (AvgIpc) is 0.770. The topological polar surface area (TPSA) is 157 Å². The molecule has 0 aliphatic heterocycles. The van der Waals surface area contributed by atoms with Gasteiger partial charge in [-0.05, 0) is 362 Å². The molecule has 0 spiro atoms. The SMILES string of the molecule is COc1cc(-c2cc(Cc3cc(C)c(CO)c(Cc4cc(C)c(CO)cc4C)c3)cc(C)c2OC)c(C)cc1C.COc1cc(C)c(Cc2c(C)ccc(Cc3cc(C)c(CO)cc3C)c2OC)cc1C.COc1cc(C)c(Cc2cc(Cc3cc(C)c(CO)cc3C)cc(Cc3cc(CO)c(C)cc3C)c2OC)cc1C. The van der Waals surface area contributed by atoms with Gasteiger partial charge >= 0.3 is 0 Å². The van der Waals surface area contributed by atoms with Crippen molar-refractivity contribution in [1.82, 2.24) is 0 Å². The number of hydrogen-bond acceptors (Lipinski definition) is 11. The van der Waals surface area contributed by atoms with Crippen LogP contribution in [0.3, 0.4) is 0 Å². The van der Waals surface area contributed by atoms with Crippen molar-refractivity contribution < 1.29 is 54.0 Å². The third-order valence-electron chi connectivity index (χ3n) is 22.9. The summed E-state index contributed by atoms with van der Waals surface area (Å²) in [4.78, 5) is 0. The summed E-state index contributed by atoms with van der Waals surface area (Å²) in [5.41, 5.74) is 43.5. The van der Waals surface area contributed by atoms with E-state index in [1.54, 1.807) is 42.7 Å². The van der Waals surface area contributed by atoms with Crippen LogP contribution in [0.4, 0.5) is 0 Å². The molecule has 0 unspecified atom stereocenters. The van der Waals surface area contributed by atoms with Gasteiger partial charge in [0, 0.05) is 36.8 Å². The number of methoxy groups -OCH3 is 6. The number of ether oxygens (including phenoxy) is 6. The first-order valence-electron chi connectivity index (χ1n) is 38.9. The summed E-state index contributed by atoms with van der Waals surface area (Å²) in [6, 6.07) is 47.9. The lowest BCUT2D eigenvalue weighted by Crippen LogP contribution is -2.06. The normalized spacial score (nSPS) is 11.1. The van der Waals surface area contributed by atoms with E-state index < -0.39 is 0 Å². The maximum Gasteiger partial charge on any atom is 0.129 e. The molecule has 0 aromatic heterocycles. The zero-order valence-corrected chi connectivity index (χ0v) is 70.9. The third kappa shape index (κ3) is 20.1. The molecule has 0 atom stereocenters. The Morgan fingerprint density at radius 1 is 0.188 bits per heavy atom. The van der Waals surface area contributed by atoms with E-state index in [9.17, 15) is 25.5 Å². The number of aryl methyl sites for hydroxylation is 17. The van der Waals surface area contributed by atoms with Crippen LogP contribution < -0.4 is 28.4 Å². The molecule has 590 valence electrons. The molecule has 0 amide bonds. The largest absolute Gasteiger partial charge is 0.496 e. The predicted octanol–water partition coefficient (Wildman–Crippen LogP) is 20.6. The van der Waals surface area contributed by atoms with Crippen molar-refractivity contribution in [3.63, 3.8) is 0 Å². The fourth-order valence-corrected chi connectivity index (χ4v) is 16.2. The maximum absolute atomic E-state index is 10.3. The highest BCUT2D eigenvalue weighted by atomic mass is 16.5. The van der Waals surface area contributed by atoms with Crippen LogP contribution in [0.25, 0.3) is 11.1 Å². The van der Waals surface area contributed by atoms with Crippen LogP contribution in [0.15, 0.2) is 133 Å². The molecule has 11 aromatic carbocycles. The van der Waals surface area contributed by atoms with Gasteiger partial charge in [0.05, 0.1) is 75.7 Å². The van der Waals surface area contributed by atoms with Crippen molar-refractivity contribution in [2.75, 3.05) is 42.7 Å². The minimum Gasteiger partial charge on any atom is -0.496 e. The minimum absolute atomic E-state index is 0.00846. The summed E-state index contributed by atoms with van der Waals surface area (Å²) >= 11 is 0. The van der Waals surface area contributed by atoms with E-state index in [4.69, 9.17) is 28.4 Å². The smallest absolute Gasteiger partial charge is 0.129 e. The second-order valence-corrected chi connectivity index (χ2v) is 31.0. The Balaban J connectivity index is 0.000000195. The number of benzene rings is 11. The Hall–Kier alpha value is -9.98. The van der Waals surface area contributed by atoms with Gasteiger partial charge in [0.15, 0.2) is 0 Å². The molecule has 0 aliphatic carbocycles. The molecule has 0 saturated carbocycles. The molecule has 11 heteroatoms. The van der Waals surface area contributed by atoms with Crippen LogP contribution in [-0.4, -0.2) is 68.2 Å². The van der Waals surface area contributed by atoms with Gasteiger partial charge in [0.1, 0.15) is 34.5 Å². The van der Waals surface area contributed by atoms with Gasteiger partial charge in [-0.15, -0.1) is 0 Å². The van der Waals surface area contributed by atoms with Crippen molar-refractivity contribution in [2.24, 2.45) is 0 Å². The highest BCUT2D eigenvalue weighted by Crippen LogP contribution is 2.42. The Bertz CT molecular complexity index is 5230. The van der Waals surface area contributed by atoms with E-state index in [1.807, 2.05) is 13.8 Å². The van der Waals surface area contributed by atoms with E-state index in [-0.39, 0.29) is 33.0 Å². The first-order valence-corrected chi connectivity index (χ1v) is 38.9. The van der Waals surface area contributed by atoms with Crippen LogP contribution in [0.2, 0.25) is 0 Å². The lowest BCUT2D eigenvalue weighted by molar-refractivity contribution is 0.280. The second kappa shape index (κ2) is 38.5. The fraction of sp³-hybridized carbons (Fsp3) is 0.347. The molecule has 11 rings (SSSR count). The third-order valence-corrected chi connectivity index (χ3v) is 22.9. The lowest BCUT2D eigenvalue weighted by Gasteiger charge is -2.20. The number of aliphatic hydroxyl groups excluding tert-OH is 5. The van der Waals surface area contributed by atoms with E-state index in [2.05, 4.69) is 237 Å². The summed E-state index contributed by atoms with van der Waals surface area (Å²) < 4.78 is 34.7. The molecule has 0 bridgehead atoms. The molecule has 11 aromatic rings. The Morgan fingerprint density at radius 2 is 0.527 bits per heavy atom. The van der Waals surface area contributed by atoms with Crippen molar-refractivity contribution in [3.8, 4) is 45.6 Å². The summed E-state index contributed by atoms with van der Waals surface area (Å²) in [7, 11) is 10.4. The molecule has 112 heavy (non-hydrogen) atoms. The molecule has 0 saturated heterocycles. The first-order chi connectivity index (χ1) is 53.4. The molecule has 0 aliphatic rings. The van der Waals surface area contributed by atoms with Crippen molar-refractivity contribution in [1.29, 1.82) is 0 Å². The van der Waals surface area contributed by atoms with Crippen LogP contribution in [0.1, 0.15) is 200 Å². The number of rotatable bonds is 26. The molecule has 0 radical (unpaired) electrons. The lowest BCUT2D eigenvalue weighted by atomic mass is 9.88. The maximum atomic E-state index is 10.3. The zero-order valence-electron chi connectivity index (χ0n) is 70.9. The van der Waals surface area contributed by atoms with E-state index in [0.717, 1.165) is 184 Å². The Labute approximate surface area is 667 Å². The second-order valence-electron chi connectivity index (χ2n) is 31.0. The molecule has 0 fully saturated rings. The predicted molar refractivity (Wildman–Crippen MR) is 459 cm³/mol. The Kier molecular flexibility index (Phi) is 29.6. The molecule has 0 heterocycles. The monoisotopic (exact) mass is 1510 g/mol. The average molecular weight is 1510 g/mol. The first kappa shape index (κ1) is 86.0. The van der Waals surface area contributed by atoms with Crippen LogP contribution >= 0.6 is 0 Å². The molecular weight excluding hydrogens is 1390 g/mol. The fourth-order valence-electron chi connectivity index (χ4n) is 16.2. The van der Waals surface area contributed by atoms with Gasteiger partial charge in [-0.2, -0.15) is 0 Å². The van der Waals surface area contributed by atoms with Gasteiger partial charge in [-0.25, -0.2) is 0 Å². The van der Waals surface area contributed by atoms with Crippen LogP contribution in [0.5, 0.6) is 34.5 Å². The van der Waals surface area contributed by atoms with Gasteiger partial charge in [0.25, 0.3) is 0 Å². The van der Waals surface area contributed by atoms with E-state index in [0.29, 0.717) is 6.42 Å². The summed E-state index contributed by atoms with van der Waals surface area (Å²) in [5, 5.41) is 49.2. The van der Waals surface area contributed by atoms with E-state index in [1.165, 1.54) is 100 Å². The van der Waals surface area contributed by atoms with Crippen molar-refractivity contribution in [3.05, 3.63) is 334 Å². The van der Waals surface area contributed by atoms with Gasteiger partial charge < -0.3 is 54.0 Å². The van der Waals surface area contributed by atoms with Crippen LogP contribution in [-0.2, 0) is 78.0 Å². The summed E-state index contributed by atoms with van der Waals surface area (Å²) in [5.74, 6) is 5.45. The van der Waals surface area contributed by atoms with E-state index >= 15 is 0 Å². The highest BCUT2D eigenvalue weighted by molar-refractivity contribution is 5.77. The summed E-state index contributed by atoms with van der Waals surface area (Å²) in [6.07, 6.45) is 5.37. The minimum atomic E-state index is 0.00846. The van der Waals surface area contributed by atoms with Gasteiger partial charge in [-0.1, -0.05) is 109 Å². The standard InChI is InChI=1S/C37H44O4.C36H42O4.C28H34O3/c1-22-9-23(2)35(21-39)19-31(22)18-33-16-28(14-29-10-25(4)34(20-38)11-24(29)3)15-32(37(33)41-8)17-30-12-27(6)36(40-7)13-26(30)5;1-21-13-31(19-37)22(2)12-29(21)17-30-15-27(10-24(4)34(30)20-38)14-28-11-26(6)36(40-8)33(16-28)32-18-35(39-7)25(5)9-23(32)3;1-17-8-9-22(14-23-10-19(3)25(16-29)11-18(23)2)28(31-7)26(17)15-24-12-21(5)27(30-6)13-20(24)4/h9-13,15-16,19,38-39H,14,17-18,20-21H2,1-8H3;9-13,15-16,18,37-38H,14,17,19-20H2,1-8H3;8-13,29H,14-16H2,1-7H3. The number of hydrogen-bond donors (Lipinski definition) is 5.